The summed E-state index contributed by atoms with van der Waals surface area (Å²) in [5.74, 6) is 0.840. The van der Waals surface area contributed by atoms with E-state index in [1.165, 1.54) is 19.2 Å². The van der Waals surface area contributed by atoms with Gasteiger partial charge in [-0.2, -0.15) is 0 Å². The molecule has 1 fully saturated rings. The van der Waals surface area contributed by atoms with Crippen molar-refractivity contribution in [2.75, 3.05) is 39.5 Å². The zero-order valence-corrected chi connectivity index (χ0v) is 19.7. The van der Waals surface area contributed by atoms with Crippen molar-refractivity contribution in [3.05, 3.63) is 29.8 Å². The second-order valence-electron chi connectivity index (χ2n) is 6.93. The van der Waals surface area contributed by atoms with Crippen LogP contribution in [-0.4, -0.2) is 64.8 Å². The number of rotatable bonds is 7. The summed E-state index contributed by atoms with van der Waals surface area (Å²) in [6.45, 7) is 6.47. The maximum atomic E-state index is 11.5. The van der Waals surface area contributed by atoms with Crippen LogP contribution >= 0.6 is 24.0 Å². The van der Waals surface area contributed by atoms with Gasteiger partial charge in [0, 0.05) is 39.0 Å². The SMILES string of the molecule is CCCN1CCC(NC(=NC)NCCc2ccc(S(C)(=O)=O)cc2)CC1.I. The Morgan fingerprint density at radius 2 is 1.85 bits per heavy atom. The maximum absolute atomic E-state index is 11.5. The normalized spacial score (nSPS) is 16.6. The van der Waals surface area contributed by atoms with Gasteiger partial charge in [-0.05, 0) is 49.9 Å². The van der Waals surface area contributed by atoms with Crippen molar-refractivity contribution in [1.29, 1.82) is 0 Å². The first-order valence-corrected chi connectivity index (χ1v) is 11.3. The molecule has 0 amide bonds. The van der Waals surface area contributed by atoms with Gasteiger partial charge >= 0.3 is 0 Å². The zero-order chi connectivity index (χ0) is 19.0. The Bertz CT molecular complexity index is 684. The quantitative estimate of drug-likeness (QED) is 0.336. The van der Waals surface area contributed by atoms with E-state index in [2.05, 4.69) is 27.4 Å². The number of hydrogen-bond acceptors (Lipinski definition) is 4. The fraction of sp³-hybridized carbons (Fsp3) is 0.632. The van der Waals surface area contributed by atoms with E-state index >= 15 is 0 Å². The number of halogens is 1. The van der Waals surface area contributed by atoms with E-state index < -0.39 is 9.84 Å². The predicted molar refractivity (Wildman–Crippen MR) is 123 cm³/mol. The number of likely N-dealkylation sites (tertiary alicyclic amines) is 1. The lowest BCUT2D eigenvalue weighted by molar-refractivity contribution is 0.206. The van der Waals surface area contributed by atoms with Gasteiger partial charge in [0.15, 0.2) is 15.8 Å². The number of nitrogens with zero attached hydrogens (tertiary/aromatic N) is 2. The average Bonchev–Trinajstić information content (AvgIpc) is 2.62. The van der Waals surface area contributed by atoms with Crippen LogP contribution in [-0.2, 0) is 16.3 Å². The molecule has 0 atom stereocenters. The van der Waals surface area contributed by atoms with E-state index in [4.69, 9.17) is 0 Å². The molecule has 1 aromatic carbocycles. The lowest BCUT2D eigenvalue weighted by atomic mass is 10.1. The first-order valence-electron chi connectivity index (χ1n) is 9.41. The van der Waals surface area contributed by atoms with E-state index in [1.807, 2.05) is 12.1 Å². The highest BCUT2D eigenvalue weighted by Gasteiger charge is 2.19. The Balaban J connectivity index is 0.00000364. The predicted octanol–water partition coefficient (Wildman–Crippen LogP) is 2.29. The number of aliphatic imine (C=N–C) groups is 1. The molecule has 1 heterocycles. The van der Waals surface area contributed by atoms with Crippen LogP contribution in [0.1, 0.15) is 31.7 Å². The van der Waals surface area contributed by atoms with E-state index in [-0.39, 0.29) is 24.0 Å². The average molecular weight is 508 g/mol. The third-order valence-electron chi connectivity index (χ3n) is 4.75. The molecule has 1 aliphatic rings. The fourth-order valence-corrected chi connectivity index (χ4v) is 3.86. The summed E-state index contributed by atoms with van der Waals surface area (Å²) in [7, 11) is -1.34. The first-order chi connectivity index (χ1) is 12.4. The monoisotopic (exact) mass is 508 g/mol. The molecule has 27 heavy (non-hydrogen) atoms. The molecular formula is C19H33IN4O2S. The van der Waals surface area contributed by atoms with E-state index in [1.54, 1.807) is 19.2 Å². The highest BCUT2D eigenvalue weighted by atomic mass is 127. The minimum atomic E-state index is -3.13. The van der Waals surface area contributed by atoms with Gasteiger partial charge in [-0.25, -0.2) is 8.42 Å². The number of guanidine groups is 1. The molecule has 0 radical (unpaired) electrons. The molecule has 8 heteroatoms. The van der Waals surface area contributed by atoms with Gasteiger partial charge in [-0.3, -0.25) is 4.99 Å². The fourth-order valence-electron chi connectivity index (χ4n) is 3.23. The third kappa shape index (κ3) is 8.35. The number of benzene rings is 1. The minimum Gasteiger partial charge on any atom is -0.356 e. The lowest BCUT2D eigenvalue weighted by Gasteiger charge is -2.32. The summed E-state index contributed by atoms with van der Waals surface area (Å²) >= 11 is 0. The molecule has 0 aliphatic carbocycles. The van der Waals surface area contributed by atoms with Crippen LogP contribution < -0.4 is 10.6 Å². The van der Waals surface area contributed by atoms with Crippen LogP contribution in [0.2, 0.25) is 0 Å². The van der Waals surface area contributed by atoms with Gasteiger partial charge in [0.1, 0.15) is 0 Å². The summed E-state index contributed by atoms with van der Waals surface area (Å²) < 4.78 is 23.0. The van der Waals surface area contributed by atoms with Gasteiger partial charge in [0.05, 0.1) is 4.90 Å². The molecule has 0 aromatic heterocycles. The molecule has 0 unspecified atom stereocenters. The molecule has 2 rings (SSSR count). The minimum absolute atomic E-state index is 0. The molecular weight excluding hydrogens is 475 g/mol. The largest absolute Gasteiger partial charge is 0.356 e. The van der Waals surface area contributed by atoms with Crippen molar-refractivity contribution in [3.63, 3.8) is 0 Å². The van der Waals surface area contributed by atoms with Crippen LogP contribution in [0.25, 0.3) is 0 Å². The van der Waals surface area contributed by atoms with Gasteiger partial charge < -0.3 is 15.5 Å². The van der Waals surface area contributed by atoms with Gasteiger partial charge in [-0.15, -0.1) is 24.0 Å². The summed E-state index contributed by atoms with van der Waals surface area (Å²) in [5, 5.41) is 6.87. The highest BCUT2D eigenvalue weighted by Crippen LogP contribution is 2.11. The smallest absolute Gasteiger partial charge is 0.191 e. The Morgan fingerprint density at radius 3 is 2.37 bits per heavy atom. The number of nitrogens with one attached hydrogen (secondary N) is 2. The molecule has 0 bridgehead atoms. The second-order valence-corrected chi connectivity index (χ2v) is 8.94. The molecule has 1 aliphatic heterocycles. The van der Waals surface area contributed by atoms with Crippen molar-refractivity contribution in [3.8, 4) is 0 Å². The second kappa shape index (κ2) is 11.9. The highest BCUT2D eigenvalue weighted by molar-refractivity contribution is 14.0. The van der Waals surface area contributed by atoms with Crippen LogP contribution in [0.3, 0.4) is 0 Å². The maximum Gasteiger partial charge on any atom is 0.191 e. The van der Waals surface area contributed by atoms with Crippen LogP contribution in [0.4, 0.5) is 0 Å². The van der Waals surface area contributed by atoms with E-state index in [0.29, 0.717) is 10.9 Å². The molecule has 1 aromatic rings. The van der Waals surface area contributed by atoms with Crippen molar-refractivity contribution < 1.29 is 8.42 Å². The summed E-state index contributed by atoms with van der Waals surface area (Å²) in [5.41, 5.74) is 1.10. The standard InChI is InChI=1S/C19H32N4O2S.HI/c1-4-13-23-14-10-17(11-15-23)22-19(20-2)21-12-9-16-5-7-18(8-6-16)26(3,24)25;/h5-8,17H,4,9-15H2,1-3H3,(H2,20,21,22);1H. The van der Waals surface area contributed by atoms with E-state index in [0.717, 1.165) is 50.4 Å². The Kier molecular flexibility index (Phi) is 10.6. The Morgan fingerprint density at radius 1 is 1.22 bits per heavy atom. The van der Waals surface area contributed by atoms with Crippen molar-refractivity contribution >= 4 is 39.8 Å². The molecule has 1 saturated heterocycles. The van der Waals surface area contributed by atoms with Crippen molar-refractivity contribution in [1.82, 2.24) is 15.5 Å². The van der Waals surface area contributed by atoms with Gasteiger partial charge in [0.2, 0.25) is 0 Å². The Labute approximate surface area is 181 Å². The molecule has 154 valence electrons. The topological polar surface area (TPSA) is 73.8 Å². The third-order valence-corrected chi connectivity index (χ3v) is 5.88. The van der Waals surface area contributed by atoms with Crippen molar-refractivity contribution in [2.24, 2.45) is 4.99 Å². The molecule has 6 nitrogen and oxygen atoms in total. The lowest BCUT2D eigenvalue weighted by Crippen LogP contribution is -2.49. The molecule has 2 N–H and O–H groups in total. The number of hydrogen-bond donors (Lipinski definition) is 2. The van der Waals surface area contributed by atoms with Gasteiger partial charge in [0.25, 0.3) is 0 Å². The summed E-state index contributed by atoms with van der Waals surface area (Å²) in [6.07, 6.45) is 5.55. The molecule has 0 saturated carbocycles. The van der Waals surface area contributed by atoms with Crippen molar-refractivity contribution in [2.45, 2.75) is 43.5 Å². The Hall–Kier alpha value is -0.870. The van der Waals surface area contributed by atoms with E-state index in [9.17, 15) is 8.42 Å². The number of sulfone groups is 1. The van der Waals surface area contributed by atoms with Crippen LogP contribution in [0.15, 0.2) is 34.2 Å². The zero-order valence-electron chi connectivity index (χ0n) is 16.6. The number of piperidine rings is 1. The van der Waals surface area contributed by atoms with Crippen LogP contribution in [0.5, 0.6) is 0 Å². The summed E-state index contributed by atoms with van der Waals surface area (Å²) in [4.78, 5) is 7.20. The first kappa shape index (κ1) is 24.2. The van der Waals surface area contributed by atoms with Gasteiger partial charge in [-0.1, -0.05) is 19.1 Å². The van der Waals surface area contributed by atoms with Crippen LogP contribution in [0, 0.1) is 0 Å². The molecule has 0 spiro atoms. The summed E-state index contributed by atoms with van der Waals surface area (Å²) in [6, 6.07) is 7.56.